The molecule has 6 heteroatoms. The average Bonchev–Trinajstić information content (AvgIpc) is 2.39. The molecule has 0 radical (unpaired) electrons. The monoisotopic (exact) mass is 268 g/mol. The van der Waals surface area contributed by atoms with Gasteiger partial charge in [0.1, 0.15) is 0 Å². The minimum absolute atomic E-state index is 0.239. The Hall–Kier alpha value is -1.59. The van der Waals surface area contributed by atoms with Gasteiger partial charge in [-0.25, -0.2) is 9.48 Å². The Morgan fingerprint density at radius 1 is 1.16 bits per heavy atom. The molecule has 0 bridgehead atoms. The Bertz CT molecular complexity index is 518. The molecule has 1 unspecified atom stereocenters. The number of anilines is 1. The van der Waals surface area contributed by atoms with Gasteiger partial charge in [0.05, 0.1) is 0 Å². The van der Waals surface area contributed by atoms with Crippen molar-refractivity contribution < 1.29 is 0 Å². The van der Waals surface area contributed by atoms with Crippen LogP contribution in [-0.2, 0) is 14.1 Å². The molecule has 1 aromatic rings. The Balaban J connectivity index is 2.96. The van der Waals surface area contributed by atoms with Crippen LogP contribution in [0.15, 0.2) is 9.59 Å². The predicted octanol–water partition coefficient (Wildman–Crippen LogP) is 1.25. The normalized spacial score (nSPS) is 12.4. The van der Waals surface area contributed by atoms with E-state index in [1.54, 1.807) is 7.05 Å². The molecule has 0 saturated heterocycles. The summed E-state index contributed by atoms with van der Waals surface area (Å²) in [6.07, 6.45) is 5.30. The summed E-state index contributed by atoms with van der Waals surface area (Å²) in [5, 5.41) is 7.21. The topological polar surface area (TPSA) is 68.9 Å². The maximum atomic E-state index is 12.0. The first kappa shape index (κ1) is 15.5. The van der Waals surface area contributed by atoms with E-state index in [1.165, 1.54) is 11.7 Å². The molecule has 1 N–H and O–H groups in total. The first-order valence-electron chi connectivity index (χ1n) is 6.92. The number of rotatable bonds is 7. The third-order valence-electron chi connectivity index (χ3n) is 3.21. The van der Waals surface area contributed by atoms with Gasteiger partial charge in [0.15, 0.2) is 0 Å². The highest BCUT2D eigenvalue weighted by atomic mass is 16.2. The minimum atomic E-state index is -0.406. The summed E-state index contributed by atoms with van der Waals surface area (Å²) in [5.74, 6) is 0.263. The molecule has 0 aliphatic heterocycles. The lowest BCUT2D eigenvalue weighted by molar-refractivity contribution is 0.548. The molecule has 1 heterocycles. The number of hydrogen-bond donors (Lipinski definition) is 1. The molecule has 6 nitrogen and oxygen atoms in total. The van der Waals surface area contributed by atoms with Gasteiger partial charge in [-0.2, -0.15) is 0 Å². The van der Waals surface area contributed by atoms with E-state index in [4.69, 9.17) is 0 Å². The van der Waals surface area contributed by atoms with Crippen LogP contribution < -0.4 is 16.6 Å². The van der Waals surface area contributed by atoms with Gasteiger partial charge in [-0.1, -0.05) is 33.1 Å². The molecular formula is C13H24N4O2. The highest BCUT2D eigenvalue weighted by Crippen LogP contribution is 2.10. The number of hydrogen-bond acceptors (Lipinski definition) is 4. The molecule has 19 heavy (non-hydrogen) atoms. The van der Waals surface area contributed by atoms with Crippen molar-refractivity contribution in [3.63, 3.8) is 0 Å². The van der Waals surface area contributed by atoms with E-state index in [1.807, 2.05) is 0 Å². The Morgan fingerprint density at radius 2 is 1.84 bits per heavy atom. The summed E-state index contributed by atoms with van der Waals surface area (Å²) in [6, 6.07) is 0.239. The van der Waals surface area contributed by atoms with Crippen molar-refractivity contribution in [1.82, 2.24) is 14.3 Å². The zero-order chi connectivity index (χ0) is 14.4. The highest BCUT2D eigenvalue weighted by molar-refractivity contribution is 5.31. The molecule has 108 valence electrons. The average molecular weight is 268 g/mol. The minimum Gasteiger partial charge on any atom is -0.361 e. The lowest BCUT2D eigenvalue weighted by Gasteiger charge is -2.18. The summed E-state index contributed by atoms with van der Waals surface area (Å²) in [6.45, 7) is 4.26. The zero-order valence-corrected chi connectivity index (χ0v) is 12.3. The van der Waals surface area contributed by atoms with Gasteiger partial charge in [-0.05, 0) is 12.8 Å². The van der Waals surface area contributed by atoms with Gasteiger partial charge >= 0.3 is 5.69 Å². The molecule has 0 aliphatic rings. The van der Waals surface area contributed by atoms with Gasteiger partial charge in [0.2, 0.25) is 5.82 Å². The fraction of sp³-hybridized carbons (Fsp3) is 0.769. The second-order valence-electron chi connectivity index (χ2n) is 4.89. The number of aryl methyl sites for hydroxylation is 1. The van der Waals surface area contributed by atoms with E-state index in [-0.39, 0.29) is 17.4 Å². The first-order valence-corrected chi connectivity index (χ1v) is 6.92. The lowest BCUT2D eigenvalue weighted by Crippen LogP contribution is -2.41. The van der Waals surface area contributed by atoms with E-state index in [0.717, 1.165) is 36.7 Å². The highest BCUT2D eigenvalue weighted by Gasteiger charge is 2.13. The van der Waals surface area contributed by atoms with Crippen LogP contribution >= 0.6 is 0 Å². The zero-order valence-electron chi connectivity index (χ0n) is 12.3. The van der Waals surface area contributed by atoms with Crippen molar-refractivity contribution in [3.05, 3.63) is 20.8 Å². The number of aromatic nitrogens is 3. The molecule has 0 saturated carbocycles. The molecule has 0 amide bonds. The smallest absolute Gasteiger partial charge is 0.346 e. The summed E-state index contributed by atoms with van der Waals surface area (Å²) < 4.78 is 2.27. The summed E-state index contributed by atoms with van der Waals surface area (Å²) in [4.78, 5) is 23.5. The SMILES string of the molecule is CCCCC(CCC)Nc1nn(C)c(=O)n(C)c1=O. The predicted molar refractivity (Wildman–Crippen MR) is 76.6 cm³/mol. The van der Waals surface area contributed by atoms with Crippen LogP contribution in [0.25, 0.3) is 0 Å². The second-order valence-corrected chi connectivity index (χ2v) is 4.89. The van der Waals surface area contributed by atoms with Gasteiger partial charge in [0.25, 0.3) is 5.56 Å². The van der Waals surface area contributed by atoms with Crippen molar-refractivity contribution in [1.29, 1.82) is 0 Å². The quantitative estimate of drug-likeness (QED) is 0.808. The van der Waals surface area contributed by atoms with Crippen molar-refractivity contribution in [2.45, 2.75) is 52.0 Å². The molecule has 0 fully saturated rings. The third-order valence-corrected chi connectivity index (χ3v) is 3.21. The van der Waals surface area contributed by atoms with Crippen LogP contribution in [0.1, 0.15) is 46.0 Å². The Kier molecular flexibility index (Phi) is 5.79. The standard InChI is InChI=1S/C13H24N4O2/c1-5-7-9-10(8-6-2)14-11-12(18)16(3)13(19)17(4)15-11/h10H,5-9H2,1-4H3,(H,14,15). The summed E-state index contributed by atoms with van der Waals surface area (Å²) in [5.41, 5.74) is -0.767. The molecule has 1 atom stereocenters. The van der Waals surface area contributed by atoms with Crippen LogP contribution in [-0.4, -0.2) is 20.4 Å². The van der Waals surface area contributed by atoms with Crippen molar-refractivity contribution in [2.75, 3.05) is 5.32 Å². The van der Waals surface area contributed by atoms with Crippen LogP contribution in [0.4, 0.5) is 5.82 Å². The molecule has 1 rings (SSSR count). The number of nitrogens with zero attached hydrogens (tertiary/aromatic N) is 3. The van der Waals surface area contributed by atoms with E-state index < -0.39 is 5.69 Å². The maximum Gasteiger partial charge on any atom is 0.346 e. The van der Waals surface area contributed by atoms with Gasteiger partial charge in [0, 0.05) is 20.1 Å². The summed E-state index contributed by atoms with van der Waals surface area (Å²) in [7, 11) is 3.02. The van der Waals surface area contributed by atoms with Crippen LogP contribution in [0.5, 0.6) is 0 Å². The molecular weight excluding hydrogens is 244 g/mol. The number of nitrogens with one attached hydrogen (secondary N) is 1. The largest absolute Gasteiger partial charge is 0.361 e. The Morgan fingerprint density at radius 3 is 2.42 bits per heavy atom. The molecule has 0 spiro atoms. The second kappa shape index (κ2) is 7.11. The van der Waals surface area contributed by atoms with E-state index in [2.05, 4.69) is 24.3 Å². The number of unbranched alkanes of at least 4 members (excludes halogenated alkanes) is 1. The van der Waals surface area contributed by atoms with Crippen LogP contribution in [0.3, 0.4) is 0 Å². The van der Waals surface area contributed by atoms with Crippen molar-refractivity contribution in [3.8, 4) is 0 Å². The maximum absolute atomic E-state index is 12.0. The lowest BCUT2D eigenvalue weighted by atomic mass is 10.1. The van der Waals surface area contributed by atoms with E-state index in [9.17, 15) is 9.59 Å². The molecule has 0 aromatic carbocycles. The fourth-order valence-corrected chi connectivity index (χ4v) is 2.07. The van der Waals surface area contributed by atoms with Gasteiger partial charge < -0.3 is 5.32 Å². The van der Waals surface area contributed by atoms with Crippen LogP contribution in [0, 0.1) is 0 Å². The molecule has 0 aliphatic carbocycles. The van der Waals surface area contributed by atoms with Gasteiger partial charge in [-0.15, -0.1) is 5.10 Å². The van der Waals surface area contributed by atoms with Crippen molar-refractivity contribution >= 4 is 5.82 Å². The van der Waals surface area contributed by atoms with Crippen molar-refractivity contribution in [2.24, 2.45) is 14.1 Å². The molecule has 1 aromatic heterocycles. The summed E-state index contributed by atoms with van der Waals surface area (Å²) >= 11 is 0. The van der Waals surface area contributed by atoms with E-state index >= 15 is 0 Å². The van der Waals surface area contributed by atoms with E-state index in [0.29, 0.717) is 0 Å². The Labute approximate surface area is 113 Å². The van der Waals surface area contributed by atoms with Gasteiger partial charge in [-0.3, -0.25) is 9.36 Å². The first-order chi connectivity index (χ1) is 9.01. The third kappa shape index (κ3) is 3.94. The van der Waals surface area contributed by atoms with Crippen LogP contribution in [0.2, 0.25) is 0 Å². The fourth-order valence-electron chi connectivity index (χ4n) is 2.07.